The zero-order chi connectivity index (χ0) is 18.1. The summed E-state index contributed by atoms with van der Waals surface area (Å²) in [5.74, 6) is 1.05. The molecule has 7 heteroatoms. The monoisotopic (exact) mass is 366 g/mol. The SMILES string of the molecule is CN(C)CCCN(C)c1nc2cc(C3=NN=NC3)ccc2c2sccc12. The van der Waals surface area contributed by atoms with Gasteiger partial charge < -0.3 is 9.80 Å². The highest BCUT2D eigenvalue weighted by atomic mass is 32.1. The lowest BCUT2D eigenvalue weighted by atomic mass is 10.1. The molecule has 0 saturated heterocycles. The Kier molecular flexibility index (Phi) is 4.65. The van der Waals surface area contributed by atoms with Gasteiger partial charge in [-0.2, -0.15) is 5.11 Å². The molecule has 0 spiro atoms. The smallest absolute Gasteiger partial charge is 0.137 e. The van der Waals surface area contributed by atoms with Crippen molar-refractivity contribution in [3.8, 4) is 0 Å². The first kappa shape index (κ1) is 17.1. The second-order valence-corrected chi connectivity index (χ2v) is 7.76. The average Bonchev–Trinajstić information content (AvgIpc) is 3.31. The van der Waals surface area contributed by atoms with Crippen molar-refractivity contribution in [2.45, 2.75) is 6.42 Å². The van der Waals surface area contributed by atoms with E-state index in [9.17, 15) is 0 Å². The lowest BCUT2D eigenvalue weighted by Gasteiger charge is -2.21. The molecule has 4 rings (SSSR count). The number of anilines is 1. The standard InChI is InChI=1S/C19H22N6S/c1-24(2)8-4-9-25(3)19-15-7-10-26-18(15)14-6-5-13(11-16(14)21-19)17-12-20-23-22-17/h5-7,10-11H,4,8-9,12H2,1-3H3. The first-order valence-corrected chi connectivity index (χ1v) is 9.62. The van der Waals surface area contributed by atoms with Crippen LogP contribution in [0.15, 0.2) is 45.1 Å². The Labute approximate surface area is 156 Å². The lowest BCUT2D eigenvalue weighted by molar-refractivity contribution is 0.401. The number of nitrogens with zero attached hydrogens (tertiary/aromatic N) is 6. The summed E-state index contributed by atoms with van der Waals surface area (Å²) < 4.78 is 1.29. The molecule has 0 atom stereocenters. The highest BCUT2D eigenvalue weighted by Crippen LogP contribution is 2.35. The largest absolute Gasteiger partial charge is 0.359 e. The third kappa shape index (κ3) is 3.20. The Balaban J connectivity index is 1.74. The summed E-state index contributed by atoms with van der Waals surface area (Å²) in [7, 11) is 6.35. The summed E-state index contributed by atoms with van der Waals surface area (Å²) >= 11 is 1.77. The van der Waals surface area contributed by atoms with Crippen molar-refractivity contribution in [3.05, 3.63) is 35.2 Å². The number of aromatic nitrogens is 1. The first-order valence-electron chi connectivity index (χ1n) is 8.74. The molecular formula is C19H22N6S. The Hall–Kier alpha value is -2.38. The van der Waals surface area contributed by atoms with Gasteiger partial charge in [-0.3, -0.25) is 0 Å². The highest BCUT2D eigenvalue weighted by Gasteiger charge is 2.15. The molecule has 0 bridgehead atoms. The molecule has 6 nitrogen and oxygen atoms in total. The van der Waals surface area contributed by atoms with Crippen molar-refractivity contribution < 1.29 is 0 Å². The number of hydrogen-bond acceptors (Lipinski definition) is 7. The lowest BCUT2D eigenvalue weighted by Crippen LogP contribution is -2.24. The minimum Gasteiger partial charge on any atom is -0.359 e. The van der Waals surface area contributed by atoms with Gasteiger partial charge in [0, 0.05) is 34.6 Å². The van der Waals surface area contributed by atoms with Crippen LogP contribution < -0.4 is 4.90 Å². The van der Waals surface area contributed by atoms with E-state index in [1.54, 1.807) is 11.3 Å². The number of rotatable bonds is 6. The fraction of sp³-hybridized carbons (Fsp3) is 0.368. The van der Waals surface area contributed by atoms with Crippen LogP contribution in [0.25, 0.3) is 21.0 Å². The van der Waals surface area contributed by atoms with Gasteiger partial charge in [-0.25, -0.2) is 4.98 Å². The Morgan fingerprint density at radius 3 is 2.73 bits per heavy atom. The Morgan fingerprint density at radius 1 is 1.08 bits per heavy atom. The van der Waals surface area contributed by atoms with E-state index in [0.29, 0.717) is 6.54 Å². The molecule has 1 aliphatic heterocycles. The first-order chi connectivity index (χ1) is 12.6. The van der Waals surface area contributed by atoms with Gasteiger partial charge in [0.05, 0.1) is 11.2 Å². The maximum atomic E-state index is 5.01. The molecule has 0 amide bonds. The third-order valence-corrected chi connectivity index (χ3v) is 5.57. The number of benzene rings is 1. The fourth-order valence-electron chi connectivity index (χ4n) is 3.25. The molecule has 1 aliphatic rings. The van der Waals surface area contributed by atoms with Crippen LogP contribution in [0.1, 0.15) is 12.0 Å². The van der Waals surface area contributed by atoms with Crippen LogP contribution in [-0.4, -0.2) is 56.4 Å². The molecule has 0 N–H and O–H groups in total. The van der Waals surface area contributed by atoms with Gasteiger partial charge in [-0.05, 0) is 49.8 Å². The molecule has 3 aromatic rings. The summed E-state index contributed by atoms with van der Waals surface area (Å²) in [6.45, 7) is 2.59. The van der Waals surface area contributed by atoms with Crippen LogP contribution in [0.2, 0.25) is 0 Å². The van der Waals surface area contributed by atoms with E-state index in [-0.39, 0.29) is 0 Å². The molecule has 134 valence electrons. The predicted octanol–water partition coefficient (Wildman–Crippen LogP) is 4.01. The fourth-order valence-corrected chi connectivity index (χ4v) is 4.18. The summed E-state index contributed by atoms with van der Waals surface area (Å²) in [6.07, 6.45) is 1.11. The number of hydrogen-bond donors (Lipinski definition) is 0. The summed E-state index contributed by atoms with van der Waals surface area (Å²) in [5.41, 5.74) is 2.95. The van der Waals surface area contributed by atoms with Crippen LogP contribution in [0.5, 0.6) is 0 Å². The Morgan fingerprint density at radius 2 is 1.96 bits per heavy atom. The third-order valence-electron chi connectivity index (χ3n) is 4.62. The van der Waals surface area contributed by atoms with Gasteiger partial charge in [0.1, 0.15) is 12.4 Å². The molecule has 0 unspecified atom stereocenters. The molecule has 1 aromatic carbocycles. The van der Waals surface area contributed by atoms with E-state index in [4.69, 9.17) is 4.98 Å². The second-order valence-electron chi connectivity index (χ2n) is 6.84. The van der Waals surface area contributed by atoms with E-state index in [1.165, 1.54) is 15.5 Å². The minimum absolute atomic E-state index is 0.546. The van der Waals surface area contributed by atoms with E-state index < -0.39 is 0 Å². The van der Waals surface area contributed by atoms with Gasteiger partial charge >= 0.3 is 0 Å². The summed E-state index contributed by atoms with van der Waals surface area (Å²) in [5, 5.41) is 16.4. The van der Waals surface area contributed by atoms with E-state index in [0.717, 1.165) is 42.1 Å². The van der Waals surface area contributed by atoms with Crippen molar-refractivity contribution in [1.29, 1.82) is 0 Å². The zero-order valence-electron chi connectivity index (χ0n) is 15.3. The normalized spacial score (nSPS) is 13.9. The number of pyridine rings is 1. The van der Waals surface area contributed by atoms with Crippen LogP contribution >= 0.6 is 11.3 Å². The van der Waals surface area contributed by atoms with Gasteiger partial charge in [0.2, 0.25) is 0 Å². The topological polar surface area (TPSA) is 56.5 Å². The predicted molar refractivity (Wildman–Crippen MR) is 110 cm³/mol. The molecule has 2 aromatic heterocycles. The zero-order valence-corrected chi connectivity index (χ0v) is 16.1. The van der Waals surface area contributed by atoms with Crippen LogP contribution in [-0.2, 0) is 0 Å². The van der Waals surface area contributed by atoms with E-state index >= 15 is 0 Å². The maximum absolute atomic E-state index is 5.01. The highest BCUT2D eigenvalue weighted by molar-refractivity contribution is 7.18. The Bertz CT molecular complexity index is 1000. The maximum Gasteiger partial charge on any atom is 0.137 e. The van der Waals surface area contributed by atoms with Crippen molar-refractivity contribution in [2.24, 2.45) is 15.4 Å². The number of thiophene rings is 1. The van der Waals surface area contributed by atoms with Crippen molar-refractivity contribution >= 4 is 43.9 Å². The number of fused-ring (bicyclic) bond motifs is 3. The molecular weight excluding hydrogens is 344 g/mol. The van der Waals surface area contributed by atoms with Gasteiger partial charge in [-0.15, -0.1) is 16.4 Å². The van der Waals surface area contributed by atoms with Crippen molar-refractivity contribution in [1.82, 2.24) is 9.88 Å². The average molecular weight is 366 g/mol. The van der Waals surface area contributed by atoms with E-state index in [1.807, 2.05) is 0 Å². The van der Waals surface area contributed by atoms with Crippen LogP contribution in [0, 0.1) is 0 Å². The van der Waals surface area contributed by atoms with Gasteiger partial charge in [0.15, 0.2) is 0 Å². The molecule has 26 heavy (non-hydrogen) atoms. The van der Waals surface area contributed by atoms with Gasteiger partial charge in [0.25, 0.3) is 0 Å². The molecule has 0 aliphatic carbocycles. The van der Waals surface area contributed by atoms with Crippen molar-refractivity contribution in [2.75, 3.05) is 45.7 Å². The van der Waals surface area contributed by atoms with Crippen LogP contribution in [0.4, 0.5) is 5.82 Å². The molecule has 0 fully saturated rings. The van der Waals surface area contributed by atoms with Gasteiger partial charge in [-0.1, -0.05) is 12.1 Å². The minimum atomic E-state index is 0.546. The van der Waals surface area contributed by atoms with E-state index in [2.05, 4.69) is 76.0 Å². The van der Waals surface area contributed by atoms with Crippen LogP contribution in [0.3, 0.4) is 0 Å². The summed E-state index contributed by atoms with van der Waals surface area (Å²) in [4.78, 5) is 9.49. The molecule has 3 heterocycles. The summed E-state index contributed by atoms with van der Waals surface area (Å²) in [6, 6.07) is 8.53. The second kappa shape index (κ2) is 7.09. The van der Waals surface area contributed by atoms with Crippen molar-refractivity contribution in [3.63, 3.8) is 0 Å². The quantitative estimate of drug-likeness (QED) is 0.662. The molecule has 0 radical (unpaired) electrons. The molecule has 0 saturated carbocycles.